The van der Waals surface area contributed by atoms with Crippen LogP contribution in [-0.4, -0.2) is 9.97 Å². The van der Waals surface area contributed by atoms with Crippen LogP contribution >= 0.6 is 0 Å². The highest BCUT2D eigenvalue weighted by Crippen LogP contribution is 2.33. The fourth-order valence-electron chi connectivity index (χ4n) is 5.51. The maximum absolute atomic E-state index is 4.63. The van der Waals surface area contributed by atoms with E-state index in [0.717, 1.165) is 24.2 Å². The van der Waals surface area contributed by atoms with Gasteiger partial charge in [-0.25, -0.2) is 9.97 Å². The monoisotopic (exact) mass is 434 g/mol. The largest absolute Gasteiger partial charge is 0.237 e. The van der Waals surface area contributed by atoms with E-state index in [9.17, 15) is 0 Å². The molecule has 1 aromatic heterocycles. The van der Waals surface area contributed by atoms with Gasteiger partial charge in [-0.2, -0.15) is 0 Å². The third kappa shape index (κ3) is 2.89. The number of hydrogen-bond acceptors (Lipinski definition) is 2. The van der Waals surface area contributed by atoms with E-state index in [1.54, 1.807) is 0 Å². The van der Waals surface area contributed by atoms with Crippen molar-refractivity contribution in [1.29, 1.82) is 0 Å². The molecule has 2 nitrogen and oxygen atoms in total. The first-order valence-corrected chi connectivity index (χ1v) is 11.8. The highest BCUT2D eigenvalue weighted by atomic mass is 14.9. The summed E-state index contributed by atoms with van der Waals surface area (Å²) in [7, 11) is 0. The first-order chi connectivity index (χ1) is 16.9. The fraction of sp³-hybridized carbons (Fsp3) is 0.0625. The van der Waals surface area contributed by atoms with Gasteiger partial charge < -0.3 is 0 Å². The zero-order valence-electron chi connectivity index (χ0n) is 18.7. The maximum atomic E-state index is 4.63. The van der Waals surface area contributed by atoms with Crippen LogP contribution in [0.15, 0.2) is 97.3 Å². The molecular formula is C32H22N2. The van der Waals surface area contributed by atoms with Gasteiger partial charge in [-0.1, -0.05) is 84.9 Å². The molecule has 1 heterocycles. The smallest absolute Gasteiger partial charge is 0.160 e. The van der Waals surface area contributed by atoms with E-state index >= 15 is 0 Å². The molecule has 0 amide bonds. The van der Waals surface area contributed by atoms with Crippen LogP contribution < -0.4 is 10.4 Å². The second-order valence-electron chi connectivity index (χ2n) is 8.90. The van der Waals surface area contributed by atoms with E-state index in [1.165, 1.54) is 53.9 Å². The summed E-state index contributed by atoms with van der Waals surface area (Å²) in [5, 5.41) is 10.1. The summed E-state index contributed by atoms with van der Waals surface area (Å²) in [6, 6.07) is 30.6. The van der Waals surface area contributed by atoms with Gasteiger partial charge in [-0.05, 0) is 78.9 Å². The second kappa shape index (κ2) is 7.64. The molecule has 2 heteroatoms. The lowest BCUT2D eigenvalue weighted by atomic mass is 9.87. The minimum Gasteiger partial charge on any atom is -0.237 e. The highest BCUT2D eigenvalue weighted by molar-refractivity contribution is 6.10. The molecule has 0 fully saturated rings. The molecule has 0 atom stereocenters. The molecule has 1 aliphatic carbocycles. The fourth-order valence-corrected chi connectivity index (χ4v) is 5.51. The summed E-state index contributed by atoms with van der Waals surface area (Å²) >= 11 is 0. The van der Waals surface area contributed by atoms with Crippen molar-refractivity contribution in [2.75, 3.05) is 0 Å². The van der Waals surface area contributed by atoms with E-state index in [1.807, 2.05) is 18.5 Å². The van der Waals surface area contributed by atoms with Crippen LogP contribution in [0.4, 0.5) is 0 Å². The van der Waals surface area contributed by atoms with Gasteiger partial charge >= 0.3 is 0 Å². The Kier molecular flexibility index (Phi) is 4.31. The van der Waals surface area contributed by atoms with Gasteiger partial charge in [-0.15, -0.1) is 0 Å². The van der Waals surface area contributed by atoms with Crippen LogP contribution in [0.25, 0.3) is 67.0 Å². The van der Waals surface area contributed by atoms with Gasteiger partial charge in [0, 0.05) is 18.0 Å². The number of benzene rings is 5. The van der Waals surface area contributed by atoms with E-state index in [2.05, 4.69) is 101 Å². The predicted molar refractivity (Wildman–Crippen MR) is 143 cm³/mol. The van der Waals surface area contributed by atoms with Gasteiger partial charge in [0.2, 0.25) is 0 Å². The molecule has 5 aromatic carbocycles. The lowest BCUT2D eigenvalue weighted by Gasteiger charge is -2.17. The van der Waals surface area contributed by atoms with Crippen molar-refractivity contribution in [3.05, 3.63) is 108 Å². The maximum Gasteiger partial charge on any atom is 0.160 e. The molecule has 0 saturated carbocycles. The van der Waals surface area contributed by atoms with Crippen LogP contribution in [0.1, 0.15) is 12.8 Å². The Bertz CT molecular complexity index is 1850. The molecule has 0 unspecified atom stereocenters. The molecule has 0 saturated heterocycles. The van der Waals surface area contributed by atoms with Gasteiger partial charge in [0.15, 0.2) is 5.82 Å². The average molecular weight is 435 g/mol. The van der Waals surface area contributed by atoms with E-state index in [-0.39, 0.29) is 0 Å². The number of aromatic nitrogens is 2. The highest BCUT2D eigenvalue weighted by Gasteiger charge is 2.17. The minimum atomic E-state index is 0.790. The van der Waals surface area contributed by atoms with E-state index < -0.39 is 0 Å². The summed E-state index contributed by atoms with van der Waals surface area (Å²) < 4.78 is 0. The zero-order valence-corrected chi connectivity index (χ0v) is 18.7. The normalized spacial score (nSPS) is 12.9. The van der Waals surface area contributed by atoms with Crippen LogP contribution in [0.2, 0.25) is 0 Å². The van der Waals surface area contributed by atoms with Crippen molar-refractivity contribution in [3.8, 4) is 22.5 Å². The lowest BCUT2D eigenvalue weighted by Crippen LogP contribution is -2.31. The first kappa shape index (κ1) is 19.2. The summed E-state index contributed by atoms with van der Waals surface area (Å²) in [5.41, 5.74) is 3.69. The Labute approximate surface area is 197 Å². The quantitative estimate of drug-likeness (QED) is 0.286. The van der Waals surface area contributed by atoms with Crippen LogP contribution in [0, 0.1) is 0 Å². The molecule has 0 radical (unpaired) electrons. The SMILES string of the molecule is C1=c2c(-c3ccc4c(ccc5ccccc54)c3)c3ccccc3c(-c3ncccn3)c2=CCC1. The summed E-state index contributed by atoms with van der Waals surface area (Å²) in [4.78, 5) is 9.27. The van der Waals surface area contributed by atoms with Gasteiger partial charge in [-0.3, -0.25) is 0 Å². The Morgan fingerprint density at radius 3 is 1.91 bits per heavy atom. The molecule has 34 heavy (non-hydrogen) atoms. The molecule has 6 aromatic rings. The average Bonchev–Trinajstić information content (AvgIpc) is 2.91. The molecule has 0 spiro atoms. The molecule has 160 valence electrons. The van der Waals surface area contributed by atoms with Crippen molar-refractivity contribution in [3.63, 3.8) is 0 Å². The lowest BCUT2D eigenvalue weighted by molar-refractivity contribution is 1.11. The van der Waals surface area contributed by atoms with Gasteiger partial charge in [0.05, 0.1) is 0 Å². The van der Waals surface area contributed by atoms with E-state index in [4.69, 9.17) is 0 Å². The Morgan fingerprint density at radius 1 is 0.500 bits per heavy atom. The Morgan fingerprint density at radius 2 is 1.12 bits per heavy atom. The van der Waals surface area contributed by atoms with Gasteiger partial charge in [0.1, 0.15) is 0 Å². The number of hydrogen-bond donors (Lipinski definition) is 0. The molecule has 0 N–H and O–H groups in total. The standard InChI is InChI=1S/C32H22N2/c1-2-9-24-21(8-1)14-15-22-20-23(16-17-25(22)24)30-26-10-3-5-12-28(26)31(32-33-18-7-19-34-32)29-13-6-4-11-27(29)30/h1-3,5,7-20H,4,6H2. The third-order valence-electron chi connectivity index (χ3n) is 6.98. The summed E-state index contributed by atoms with van der Waals surface area (Å²) in [6.07, 6.45) is 10.5. The Hall–Kier alpha value is -4.30. The molecule has 0 aliphatic heterocycles. The molecule has 1 aliphatic rings. The van der Waals surface area contributed by atoms with Crippen molar-refractivity contribution in [2.45, 2.75) is 12.8 Å². The number of rotatable bonds is 2. The first-order valence-electron chi connectivity index (χ1n) is 11.8. The summed E-state index contributed by atoms with van der Waals surface area (Å²) in [6.45, 7) is 0. The second-order valence-corrected chi connectivity index (χ2v) is 8.90. The zero-order chi connectivity index (χ0) is 22.5. The third-order valence-corrected chi connectivity index (χ3v) is 6.98. The number of nitrogens with zero attached hydrogens (tertiary/aromatic N) is 2. The van der Waals surface area contributed by atoms with Crippen molar-refractivity contribution < 1.29 is 0 Å². The predicted octanol–water partition coefficient (Wildman–Crippen LogP) is 6.63. The minimum absolute atomic E-state index is 0.790. The van der Waals surface area contributed by atoms with Crippen molar-refractivity contribution in [2.24, 2.45) is 0 Å². The molecular weight excluding hydrogens is 412 g/mol. The summed E-state index contributed by atoms with van der Waals surface area (Å²) in [5.74, 6) is 0.790. The van der Waals surface area contributed by atoms with Crippen LogP contribution in [0.3, 0.4) is 0 Å². The topological polar surface area (TPSA) is 25.8 Å². The molecule has 0 bridgehead atoms. The van der Waals surface area contributed by atoms with E-state index in [0.29, 0.717) is 0 Å². The molecule has 7 rings (SSSR count). The Balaban J connectivity index is 1.60. The van der Waals surface area contributed by atoms with Crippen molar-refractivity contribution >= 4 is 44.5 Å². The van der Waals surface area contributed by atoms with Crippen LogP contribution in [-0.2, 0) is 0 Å². The van der Waals surface area contributed by atoms with Gasteiger partial charge in [0.25, 0.3) is 0 Å². The van der Waals surface area contributed by atoms with Crippen molar-refractivity contribution in [1.82, 2.24) is 9.97 Å². The van der Waals surface area contributed by atoms with Crippen LogP contribution in [0.5, 0.6) is 0 Å². The number of fused-ring (bicyclic) bond motifs is 5.